The van der Waals surface area contributed by atoms with E-state index in [-0.39, 0.29) is 17.9 Å². The van der Waals surface area contributed by atoms with Gasteiger partial charge in [-0.2, -0.15) is 0 Å². The molecule has 0 saturated carbocycles. The monoisotopic (exact) mass is 345 g/mol. The van der Waals surface area contributed by atoms with Crippen molar-refractivity contribution in [3.8, 4) is 0 Å². The molecule has 0 aliphatic carbocycles. The molecule has 0 aromatic heterocycles. The molecule has 2 heterocycles. The van der Waals surface area contributed by atoms with E-state index >= 15 is 0 Å². The van der Waals surface area contributed by atoms with Crippen LogP contribution in [0.5, 0.6) is 0 Å². The van der Waals surface area contributed by atoms with Crippen LogP contribution in [0.3, 0.4) is 0 Å². The van der Waals surface area contributed by atoms with E-state index in [1.165, 1.54) is 14.2 Å². The maximum atomic E-state index is 12.3. The van der Waals surface area contributed by atoms with Crippen LogP contribution >= 0.6 is 0 Å². The van der Waals surface area contributed by atoms with Gasteiger partial charge in [-0.15, -0.1) is 0 Å². The molecule has 0 amide bonds. The number of carboxylic acid groups (broad SMARTS) is 2. The predicted octanol–water partition coefficient (Wildman–Crippen LogP) is -1.23. The highest BCUT2D eigenvalue weighted by Crippen LogP contribution is 2.40. The van der Waals surface area contributed by atoms with Crippen LogP contribution in [0.1, 0.15) is 12.8 Å². The largest absolute Gasteiger partial charge is 0.473 e. The van der Waals surface area contributed by atoms with Crippen LogP contribution in [-0.2, 0) is 33.4 Å². The Kier molecular flexibility index (Phi) is 6.41. The summed E-state index contributed by atoms with van der Waals surface area (Å²) < 4.78 is 9.36. The number of fused-ring (bicyclic) bond motifs is 2. The van der Waals surface area contributed by atoms with Crippen molar-refractivity contribution in [2.45, 2.75) is 24.9 Å². The summed E-state index contributed by atoms with van der Waals surface area (Å²) >= 11 is 0. The number of hydrogen-bond donors (Lipinski definition) is 2. The minimum atomic E-state index is -1.82. The third-order valence-electron chi connectivity index (χ3n) is 4.28. The number of carboxylic acids is 2. The summed E-state index contributed by atoms with van der Waals surface area (Å²) in [4.78, 5) is 55.9. The Morgan fingerprint density at radius 3 is 1.50 bits per heavy atom. The Morgan fingerprint density at radius 2 is 1.25 bits per heavy atom. The topological polar surface area (TPSA) is 148 Å². The molecule has 0 aromatic rings. The van der Waals surface area contributed by atoms with Crippen molar-refractivity contribution >= 4 is 29.7 Å². The minimum absolute atomic E-state index is 0.157. The van der Waals surface area contributed by atoms with Gasteiger partial charge in [0.15, 0.2) is 5.78 Å². The van der Waals surface area contributed by atoms with E-state index in [1.54, 1.807) is 0 Å². The average Bonchev–Trinajstić information content (AvgIpc) is 2.81. The number of methoxy groups -OCH3 is 2. The van der Waals surface area contributed by atoms with Crippen molar-refractivity contribution in [1.29, 1.82) is 0 Å². The number of rotatable bonds is 2. The summed E-state index contributed by atoms with van der Waals surface area (Å²) in [5.74, 6) is -6.88. The van der Waals surface area contributed by atoms with Crippen molar-refractivity contribution < 1.29 is 43.7 Å². The highest BCUT2D eigenvalue weighted by molar-refractivity contribution is 6.27. The van der Waals surface area contributed by atoms with Crippen LogP contribution in [0.25, 0.3) is 0 Å². The zero-order chi connectivity index (χ0) is 18.6. The molecule has 0 unspecified atom stereocenters. The molecule has 2 saturated heterocycles. The number of Topliss-reactive ketones (excluding diaryl/α,β-unsaturated/α-hetero) is 1. The Morgan fingerprint density at radius 1 is 0.917 bits per heavy atom. The summed E-state index contributed by atoms with van der Waals surface area (Å²) in [7, 11) is 4.34. The van der Waals surface area contributed by atoms with Crippen molar-refractivity contribution in [3.05, 3.63) is 0 Å². The molecule has 10 heteroatoms. The normalized spacial score (nSPS) is 28.4. The number of nitrogens with zero attached hydrogens (tertiary/aromatic N) is 1. The molecule has 2 aliphatic rings. The van der Waals surface area contributed by atoms with Crippen LogP contribution in [0.4, 0.5) is 0 Å². The van der Waals surface area contributed by atoms with Gasteiger partial charge in [-0.3, -0.25) is 19.3 Å². The van der Waals surface area contributed by atoms with Crippen LogP contribution in [0.2, 0.25) is 0 Å². The molecule has 2 fully saturated rings. The molecule has 2 N–H and O–H groups in total. The smallest absolute Gasteiger partial charge is 0.414 e. The van der Waals surface area contributed by atoms with E-state index in [2.05, 4.69) is 9.47 Å². The van der Waals surface area contributed by atoms with Gasteiger partial charge in [0.2, 0.25) is 0 Å². The van der Waals surface area contributed by atoms with E-state index in [9.17, 15) is 14.4 Å². The second-order valence-corrected chi connectivity index (χ2v) is 5.39. The zero-order valence-corrected chi connectivity index (χ0v) is 13.4. The van der Waals surface area contributed by atoms with E-state index in [4.69, 9.17) is 19.8 Å². The van der Waals surface area contributed by atoms with Gasteiger partial charge in [0.1, 0.15) is 11.8 Å². The predicted molar refractivity (Wildman–Crippen MR) is 75.9 cm³/mol. The average molecular weight is 345 g/mol. The van der Waals surface area contributed by atoms with E-state index in [0.717, 1.165) is 12.8 Å². The van der Waals surface area contributed by atoms with Crippen molar-refractivity contribution in [2.75, 3.05) is 21.3 Å². The van der Waals surface area contributed by atoms with Crippen molar-refractivity contribution in [1.82, 2.24) is 4.90 Å². The highest BCUT2D eigenvalue weighted by atomic mass is 16.5. The Bertz CT molecular complexity index is 512. The second-order valence-electron chi connectivity index (χ2n) is 5.39. The fourth-order valence-corrected chi connectivity index (χ4v) is 3.17. The van der Waals surface area contributed by atoms with E-state index in [1.807, 2.05) is 11.9 Å². The maximum Gasteiger partial charge on any atom is 0.414 e. The molecular weight excluding hydrogens is 326 g/mol. The van der Waals surface area contributed by atoms with Crippen LogP contribution in [0.15, 0.2) is 0 Å². The summed E-state index contributed by atoms with van der Waals surface area (Å²) in [6, 6.07) is -0.313. The van der Waals surface area contributed by atoms with Gasteiger partial charge in [0, 0.05) is 12.1 Å². The molecule has 2 bridgehead atoms. The SMILES string of the molecule is COC(=O)[C@@H]1C(=O)[C@H](C(=O)OC)[C@@H]2CC[C@H]1N2C.O=C(O)C(=O)O. The fraction of sp³-hybridized carbons (Fsp3) is 0.643. The summed E-state index contributed by atoms with van der Waals surface area (Å²) in [6.45, 7) is 0. The van der Waals surface area contributed by atoms with Gasteiger partial charge in [-0.1, -0.05) is 0 Å². The van der Waals surface area contributed by atoms with Crippen LogP contribution in [-0.4, -0.2) is 78.1 Å². The Hall–Kier alpha value is -2.49. The molecule has 4 atom stereocenters. The number of piperidine rings is 1. The summed E-state index contributed by atoms with van der Waals surface area (Å²) in [5, 5.41) is 14.8. The number of ketones is 1. The van der Waals surface area contributed by atoms with Crippen LogP contribution in [0, 0.1) is 11.8 Å². The standard InChI is InChI=1S/C12H17NO5.C2H2O4/c1-13-6-4-5-7(13)9(12(16)18-3)10(14)8(6)11(15)17-2;3-1(4)2(5)6/h6-9H,4-5H2,1-3H3;(H,3,4)(H,5,6)/t6-,7+,8+,9-;. The molecular formula is C14H19NO9. The zero-order valence-electron chi connectivity index (χ0n) is 13.4. The Balaban J connectivity index is 0.000000413. The molecule has 134 valence electrons. The first-order valence-corrected chi connectivity index (χ1v) is 7.04. The first kappa shape index (κ1) is 19.6. The highest BCUT2D eigenvalue weighted by Gasteiger charge is 2.56. The summed E-state index contributed by atoms with van der Waals surface area (Å²) in [5.41, 5.74) is 0. The van der Waals surface area contributed by atoms with Gasteiger partial charge < -0.3 is 19.7 Å². The lowest BCUT2D eigenvalue weighted by molar-refractivity contribution is -0.163. The van der Waals surface area contributed by atoms with Gasteiger partial charge >= 0.3 is 23.9 Å². The lowest BCUT2D eigenvalue weighted by Crippen LogP contribution is -2.57. The van der Waals surface area contributed by atoms with E-state index < -0.39 is 35.7 Å². The number of hydrogen-bond acceptors (Lipinski definition) is 8. The third kappa shape index (κ3) is 3.70. The molecule has 0 radical (unpaired) electrons. The molecule has 10 nitrogen and oxygen atoms in total. The van der Waals surface area contributed by atoms with Gasteiger partial charge in [0.05, 0.1) is 14.2 Å². The number of ether oxygens (including phenoxy) is 2. The third-order valence-corrected chi connectivity index (χ3v) is 4.28. The number of aliphatic carboxylic acids is 2. The molecule has 0 spiro atoms. The molecule has 0 aromatic carbocycles. The quantitative estimate of drug-likeness (QED) is 0.354. The van der Waals surface area contributed by atoms with Crippen molar-refractivity contribution in [2.24, 2.45) is 11.8 Å². The second kappa shape index (κ2) is 7.86. The van der Waals surface area contributed by atoms with Gasteiger partial charge in [-0.25, -0.2) is 9.59 Å². The minimum Gasteiger partial charge on any atom is -0.473 e. The molecule has 2 rings (SSSR count). The van der Waals surface area contributed by atoms with Crippen molar-refractivity contribution in [3.63, 3.8) is 0 Å². The van der Waals surface area contributed by atoms with E-state index in [0.29, 0.717) is 0 Å². The van der Waals surface area contributed by atoms with Crippen LogP contribution < -0.4 is 0 Å². The number of carbonyl (C=O) groups excluding carboxylic acids is 3. The first-order valence-electron chi connectivity index (χ1n) is 7.04. The van der Waals surface area contributed by atoms with Gasteiger partial charge in [0.25, 0.3) is 0 Å². The maximum absolute atomic E-state index is 12.3. The lowest BCUT2D eigenvalue weighted by atomic mass is 9.81. The van der Waals surface area contributed by atoms with Gasteiger partial charge in [-0.05, 0) is 19.9 Å². The first-order chi connectivity index (χ1) is 11.2. The fourth-order valence-electron chi connectivity index (χ4n) is 3.17. The summed E-state index contributed by atoms with van der Waals surface area (Å²) in [6.07, 6.45) is 1.44. The molecule has 2 aliphatic heterocycles. The number of carbonyl (C=O) groups is 5. The lowest BCUT2D eigenvalue weighted by Gasteiger charge is -2.38. The molecule has 24 heavy (non-hydrogen) atoms. The number of esters is 2. The Labute approximate surface area is 137 Å².